The van der Waals surface area contributed by atoms with Crippen LogP contribution in [0.25, 0.3) is 0 Å². The van der Waals surface area contributed by atoms with Crippen LogP contribution in [0.5, 0.6) is 0 Å². The molecule has 0 saturated carbocycles. The number of hydrogen-bond donors (Lipinski definition) is 3. The molecule has 88 valence electrons. The highest BCUT2D eigenvalue weighted by Gasteiger charge is 2.15. The SMILES string of the molecule is CC(C)CNc1nc(NN)ccc1[N+](=O)[O-]. The molecule has 0 fully saturated rings. The number of aromatic nitrogens is 1. The number of hydrazine groups is 1. The highest BCUT2D eigenvalue weighted by molar-refractivity contribution is 5.59. The van der Waals surface area contributed by atoms with Crippen LogP contribution >= 0.6 is 0 Å². The Balaban J connectivity index is 2.96. The molecule has 1 rings (SSSR count). The van der Waals surface area contributed by atoms with E-state index in [9.17, 15) is 10.1 Å². The number of nitrogens with two attached hydrogens (primary N) is 1. The summed E-state index contributed by atoms with van der Waals surface area (Å²) in [5, 5.41) is 13.7. The van der Waals surface area contributed by atoms with E-state index in [2.05, 4.69) is 15.7 Å². The van der Waals surface area contributed by atoms with Crippen molar-refractivity contribution in [2.24, 2.45) is 11.8 Å². The molecule has 0 aliphatic rings. The number of nitro groups is 1. The molecule has 0 aliphatic heterocycles. The summed E-state index contributed by atoms with van der Waals surface area (Å²) < 4.78 is 0. The summed E-state index contributed by atoms with van der Waals surface area (Å²) in [5.41, 5.74) is 2.29. The van der Waals surface area contributed by atoms with E-state index in [0.29, 0.717) is 18.3 Å². The lowest BCUT2D eigenvalue weighted by Gasteiger charge is -2.09. The van der Waals surface area contributed by atoms with E-state index in [-0.39, 0.29) is 11.5 Å². The molecule has 1 aromatic heterocycles. The van der Waals surface area contributed by atoms with Gasteiger partial charge in [-0.05, 0) is 12.0 Å². The molecule has 0 amide bonds. The van der Waals surface area contributed by atoms with E-state index in [1.54, 1.807) is 0 Å². The quantitative estimate of drug-likeness (QED) is 0.396. The van der Waals surface area contributed by atoms with Gasteiger partial charge in [0, 0.05) is 12.6 Å². The van der Waals surface area contributed by atoms with Crippen molar-refractivity contribution in [3.8, 4) is 0 Å². The van der Waals surface area contributed by atoms with Gasteiger partial charge in [-0.25, -0.2) is 10.8 Å². The lowest BCUT2D eigenvalue weighted by atomic mass is 10.2. The lowest BCUT2D eigenvalue weighted by molar-refractivity contribution is -0.384. The van der Waals surface area contributed by atoms with Crippen molar-refractivity contribution < 1.29 is 4.92 Å². The van der Waals surface area contributed by atoms with E-state index in [1.807, 2.05) is 13.8 Å². The van der Waals surface area contributed by atoms with Crippen molar-refractivity contribution in [2.45, 2.75) is 13.8 Å². The summed E-state index contributed by atoms with van der Waals surface area (Å²) in [5.74, 6) is 6.18. The van der Waals surface area contributed by atoms with Crippen molar-refractivity contribution in [3.63, 3.8) is 0 Å². The highest BCUT2D eigenvalue weighted by Crippen LogP contribution is 2.23. The maximum atomic E-state index is 10.7. The number of pyridine rings is 1. The number of nitrogen functional groups attached to an aromatic ring is 1. The predicted octanol–water partition coefficient (Wildman–Crippen LogP) is 1.34. The number of nitrogens with zero attached hydrogens (tertiary/aromatic N) is 2. The first-order chi connectivity index (χ1) is 7.54. The molecular formula is C9H15N5O2. The van der Waals surface area contributed by atoms with Gasteiger partial charge in [0.1, 0.15) is 5.82 Å². The van der Waals surface area contributed by atoms with Gasteiger partial charge in [0.05, 0.1) is 4.92 Å². The predicted molar refractivity (Wildman–Crippen MR) is 62.0 cm³/mol. The van der Waals surface area contributed by atoms with Crippen LogP contribution in [0.1, 0.15) is 13.8 Å². The molecule has 0 aliphatic carbocycles. The van der Waals surface area contributed by atoms with Gasteiger partial charge in [0.25, 0.3) is 0 Å². The number of rotatable bonds is 5. The van der Waals surface area contributed by atoms with Crippen molar-refractivity contribution in [2.75, 3.05) is 17.3 Å². The van der Waals surface area contributed by atoms with Crippen LogP contribution in [-0.2, 0) is 0 Å². The monoisotopic (exact) mass is 225 g/mol. The van der Waals surface area contributed by atoms with Gasteiger partial charge in [0.2, 0.25) is 5.82 Å². The van der Waals surface area contributed by atoms with Gasteiger partial charge < -0.3 is 10.7 Å². The molecule has 7 nitrogen and oxygen atoms in total. The summed E-state index contributed by atoms with van der Waals surface area (Å²) in [6, 6.07) is 2.82. The Morgan fingerprint density at radius 3 is 2.75 bits per heavy atom. The fourth-order valence-corrected chi connectivity index (χ4v) is 1.11. The first kappa shape index (κ1) is 12.2. The second kappa shape index (κ2) is 5.26. The Morgan fingerprint density at radius 2 is 2.25 bits per heavy atom. The summed E-state index contributed by atoms with van der Waals surface area (Å²) in [6.45, 7) is 4.62. The fourth-order valence-electron chi connectivity index (χ4n) is 1.11. The van der Waals surface area contributed by atoms with Crippen molar-refractivity contribution >= 4 is 17.3 Å². The molecule has 0 radical (unpaired) electrons. The zero-order valence-corrected chi connectivity index (χ0v) is 9.23. The summed E-state index contributed by atoms with van der Waals surface area (Å²) in [6.07, 6.45) is 0. The van der Waals surface area contributed by atoms with Crippen LogP contribution in [0.4, 0.5) is 17.3 Å². The normalized spacial score (nSPS) is 10.2. The van der Waals surface area contributed by atoms with Crippen LogP contribution < -0.4 is 16.6 Å². The number of anilines is 2. The van der Waals surface area contributed by atoms with Gasteiger partial charge in [-0.2, -0.15) is 0 Å². The third-order valence-corrected chi connectivity index (χ3v) is 1.90. The number of nitrogens with one attached hydrogen (secondary N) is 2. The minimum atomic E-state index is -0.476. The van der Waals surface area contributed by atoms with E-state index in [1.165, 1.54) is 12.1 Å². The first-order valence-electron chi connectivity index (χ1n) is 4.90. The topological polar surface area (TPSA) is 106 Å². The molecular weight excluding hydrogens is 210 g/mol. The Kier molecular flexibility index (Phi) is 4.01. The molecule has 0 saturated heterocycles. The standard InChI is InChI=1S/C9H15N5O2/c1-6(2)5-11-9-7(14(15)16)3-4-8(12-9)13-10/h3-4,6H,5,10H2,1-2H3,(H2,11,12,13). The highest BCUT2D eigenvalue weighted by atomic mass is 16.6. The van der Waals surface area contributed by atoms with Gasteiger partial charge >= 0.3 is 5.69 Å². The summed E-state index contributed by atoms with van der Waals surface area (Å²) in [4.78, 5) is 14.3. The molecule has 0 bridgehead atoms. The zero-order chi connectivity index (χ0) is 12.1. The third-order valence-electron chi connectivity index (χ3n) is 1.90. The van der Waals surface area contributed by atoms with Crippen molar-refractivity contribution in [3.05, 3.63) is 22.2 Å². The molecule has 0 unspecified atom stereocenters. The van der Waals surface area contributed by atoms with Crippen molar-refractivity contribution in [1.82, 2.24) is 4.98 Å². The van der Waals surface area contributed by atoms with Gasteiger partial charge in [-0.15, -0.1) is 0 Å². The van der Waals surface area contributed by atoms with E-state index >= 15 is 0 Å². The molecule has 1 aromatic rings. The average molecular weight is 225 g/mol. The van der Waals surface area contributed by atoms with Crippen molar-refractivity contribution in [1.29, 1.82) is 0 Å². The van der Waals surface area contributed by atoms with Crippen LogP contribution in [0.2, 0.25) is 0 Å². The van der Waals surface area contributed by atoms with Gasteiger partial charge in [0.15, 0.2) is 0 Å². The van der Waals surface area contributed by atoms with E-state index < -0.39 is 4.92 Å². The summed E-state index contributed by atoms with van der Waals surface area (Å²) in [7, 11) is 0. The Hall–Kier alpha value is -1.89. The maximum absolute atomic E-state index is 10.7. The molecule has 1 heterocycles. The molecule has 7 heteroatoms. The Bertz CT molecular complexity index is 380. The second-order valence-electron chi connectivity index (χ2n) is 3.74. The fraction of sp³-hybridized carbons (Fsp3) is 0.444. The number of hydrogen-bond acceptors (Lipinski definition) is 6. The first-order valence-corrected chi connectivity index (χ1v) is 4.90. The third kappa shape index (κ3) is 3.06. The van der Waals surface area contributed by atoms with Gasteiger partial charge in [-0.1, -0.05) is 13.8 Å². The Labute approximate surface area is 93.2 Å². The zero-order valence-electron chi connectivity index (χ0n) is 9.23. The van der Waals surface area contributed by atoms with Crippen LogP contribution in [-0.4, -0.2) is 16.5 Å². The van der Waals surface area contributed by atoms with Crippen LogP contribution in [0.3, 0.4) is 0 Å². The molecule has 0 atom stereocenters. The molecule has 16 heavy (non-hydrogen) atoms. The molecule has 0 aromatic carbocycles. The Morgan fingerprint density at radius 1 is 1.56 bits per heavy atom. The molecule has 0 spiro atoms. The minimum Gasteiger partial charge on any atom is -0.364 e. The lowest BCUT2D eigenvalue weighted by Crippen LogP contribution is -2.13. The van der Waals surface area contributed by atoms with E-state index in [0.717, 1.165) is 0 Å². The minimum absolute atomic E-state index is 0.0559. The molecule has 4 N–H and O–H groups in total. The van der Waals surface area contributed by atoms with E-state index in [4.69, 9.17) is 5.84 Å². The van der Waals surface area contributed by atoms with Crippen LogP contribution in [0, 0.1) is 16.0 Å². The second-order valence-corrected chi connectivity index (χ2v) is 3.74. The van der Waals surface area contributed by atoms with Crippen LogP contribution in [0.15, 0.2) is 12.1 Å². The maximum Gasteiger partial charge on any atom is 0.311 e. The largest absolute Gasteiger partial charge is 0.364 e. The van der Waals surface area contributed by atoms with Gasteiger partial charge in [-0.3, -0.25) is 10.1 Å². The average Bonchev–Trinajstić information content (AvgIpc) is 2.25. The summed E-state index contributed by atoms with van der Waals surface area (Å²) >= 11 is 0. The smallest absolute Gasteiger partial charge is 0.311 e.